The number of aliphatic hydroxyl groups is 1. The number of carbonyl (C=O) groups excluding carboxylic acids is 1. The topological polar surface area (TPSA) is 61.4 Å². The van der Waals surface area contributed by atoms with E-state index < -0.39 is 0 Å². The lowest BCUT2D eigenvalue weighted by atomic mass is 9.81. The van der Waals surface area contributed by atoms with E-state index in [1.54, 1.807) is 0 Å². The molecule has 5 heteroatoms. The fraction of sp³-hybridized carbons (Fsp3) is 0.533. The molecule has 2 rings (SSSR count). The van der Waals surface area contributed by atoms with E-state index in [4.69, 9.17) is 5.11 Å². The van der Waals surface area contributed by atoms with Gasteiger partial charge >= 0.3 is 6.03 Å². The first-order valence-electron chi connectivity index (χ1n) is 6.99. The smallest absolute Gasteiger partial charge is 0.315 e. The monoisotopic (exact) mass is 340 g/mol. The molecule has 0 aliphatic heterocycles. The Bertz CT molecular complexity index is 444. The molecule has 0 bridgehead atoms. The molecule has 0 aromatic heterocycles. The SMILES string of the molecule is CC(CNC(=O)NC1CC(CO)C1)c1ccc(Br)cc1. The minimum absolute atomic E-state index is 0.115. The molecule has 0 radical (unpaired) electrons. The van der Waals surface area contributed by atoms with E-state index in [-0.39, 0.29) is 24.6 Å². The zero-order valence-corrected chi connectivity index (χ0v) is 13.2. The largest absolute Gasteiger partial charge is 0.396 e. The standard InChI is InChI=1S/C15H21BrN2O2/c1-10(12-2-4-13(16)5-3-12)8-17-15(20)18-14-6-11(7-14)9-19/h2-5,10-11,14,19H,6-9H2,1H3,(H2,17,18,20). The lowest BCUT2D eigenvalue weighted by Gasteiger charge is -2.34. The molecule has 1 aliphatic carbocycles. The van der Waals surface area contributed by atoms with Gasteiger partial charge < -0.3 is 15.7 Å². The number of aliphatic hydroxyl groups excluding tert-OH is 1. The number of carbonyl (C=O) groups is 1. The summed E-state index contributed by atoms with van der Waals surface area (Å²) in [7, 11) is 0. The molecule has 1 aromatic rings. The van der Waals surface area contributed by atoms with E-state index in [0.717, 1.165) is 17.3 Å². The van der Waals surface area contributed by atoms with Crippen LogP contribution in [-0.2, 0) is 0 Å². The maximum Gasteiger partial charge on any atom is 0.315 e. The van der Waals surface area contributed by atoms with Crippen LogP contribution >= 0.6 is 15.9 Å². The van der Waals surface area contributed by atoms with Gasteiger partial charge in [0.15, 0.2) is 0 Å². The lowest BCUT2D eigenvalue weighted by Crippen LogP contribution is -2.49. The maximum atomic E-state index is 11.7. The number of rotatable bonds is 5. The van der Waals surface area contributed by atoms with E-state index >= 15 is 0 Å². The lowest BCUT2D eigenvalue weighted by molar-refractivity contribution is 0.129. The van der Waals surface area contributed by atoms with Crippen LogP contribution in [0.2, 0.25) is 0 Å². The average molecular weight is 341 g/mol. The number of nitrogens with one attached hydrogen (secondary N) is 2. The molecular weight excluding hydrogens is 320 g/mol. The van der Waals surface area contributed by atoms with Gasteiger partial charge in [-0.15, -0.1) is 0 Å². The first kappa shape index (κ1) is 15.3. The first-order valence-corrected chi connectivity index (χ1v) is 7.78. The third kappa shape index (κ3) is 4.21. The Morgan fingerprint density at radius 1 is 1.40 bits per heavy atom. The predicted molar refractivity (Wildman–Crippen MR) is 82.7 cm³/mol. The molecular formula is C15H21BrN2O2. The van der Waals surface area contributed by atoms with E-state index in [9.17, 15) is 4.79 Å². The minimum Gasteiger partial charge on any atom is -0.396 e. The van der Waals surface area contributed by atoms with Crippen LogP contribution < -0.4 is 10.6 Å². The van der Waals surface area contributed by atoms with Gasteiger partial charge in [-0.05, 0) is 42.4 Å². The highest BCUT2D eigenvalue weighted by Crippen LogP contribution is 2.26. The normalized spacial score (nSPS) is 22.8. The van der Waals surface area contributed by atoms with Crippen molar-refractivity contribution in [3.05, 3.63) is 34.3 Å². The Hall–Kier alpha value is -1.07. The molecule has 1 aromatic carbocycles. The number of benzene rings is 1. The molecule has 1 saturated carbocycles. The Morgan fingerprint density at radius 3 is 2.65 bits per heavy atom. The van der Waals surface area contributed by atoms with Crippen molar-refractivity contribution in [1.29, 1.82) is 0 Å². The molecule has 3 N–H and O–H groups in total. The van der Waals surface area contributed by atoms with Crippen molar-refractivity contribution in [3.8, 4) is 0 Å². The van der Waals surface area contributed by atoms with Crippen LogP contribution in [0.5, 0.6) is 0 Å². The Morgan fingerprint density at radius 2 is 2.05 bits per heavy atom. The number of halogens is 1. The molecule has 2 amide bonds. The summed E-state index contributed by atoms with van der Waals surface area (Å²) in [5.41, 5.74) is 1.21. The summed E-state index contributed by atoms with van der Waals surface area (Å²) < 4.78 is 1.06. The zero-order valence-electron chi connectivity index (χ0n) is 11.6. The van der Waals surface area contributed by atoms with Crippen LogP contribution in [0.4, 0.5) is 4.79 Å². The molecule has 110 valence electrons. The van der Waals surface area contributed by atoms with E-state index in [0.29, 0.717) is 12.5 Å². The molecule has 0 spiro atoms. The summed E-state index contributed by atoms with van der Waals surface area (Å²) in [6, 6.07) is 8.24. The quantitative estimate of drug-likeness (QED) is 0.771. The van der Waals surface area contributed by atoms with Gasteiger partial charge in [0.2, 0.25) is 0 Å². The highest BCUT2D eigenvalue weighted by molar-refractivity contribution is 9.10. The van der Waals surface area contributed by atoms with Crippen LogP contribution in [0.25, 0.3) is 0 Å². The summed E-state index contributed by atoms with van der Waals surface area (Å²) >= 11 is 3.41. The predicted octanol–water partition coefficient (Wildman–Crippen LogP) is 2.62. The third-order valence-corrected chi connectivity index (χ3v) is 4.37. The van der Waals surface area contributed by atoms with E-state index in [1.165, 1.54) is 5.56 Å². The fourth-order valence-electron chi connectivity index (χ4n) is 2.39. The number of hydrogen-bond acceptors (Lipinski definition) is 2. The van der Waals surface area contributed by atoms with Gasteiger partial charge in [0.1, 0.15) is 0 Å². The minimum atomic E-state index is -0.115. The van der Waals surface area contributed by atoms with Crippen molar-refractivity contribution in [1.82, 2.24) is 10.6 Å². The highest BCUT2D eigenvalue weighted by atomic mass is 79.9. The van der Waals surface area contributed by atoms with Gasteiger partial charge in [-0.1, -0.05) is 35.0 Å². The van der Waals surface area contributed by atoms with Crippen molar-refractivity contribution in [2.45, 2.75) is 31.7 Å². The summed E-state index contributed by atoms with van der Waals surface area (Å²) in [6.45, 7) is 2.93. The van der Waals surface area contributed by atoms with Crippen molar-refractivity contribution in [2.75, 3.05) is 13.2 Å². The van der Waals surface area contributed by atoms with Crippen molar-refractivity contribution < 1.29 is 9.90 Å². The van der Waals surface area contributed by atoms with Crippen molar-refractivity contribution in [2.24, 2.45) is 5.92 Å². The Labute approximate surface area is 128 Å². The number of amides is 2. The molecule has 0 heterocycles. The number of hydrogen-bond donors (Lipinski definition) is 3. The molecule has 4 nitrogen and oxygen atoms in total. The number of urea groups is 1. The molecule has 20 heavy (non-hydrogen) atoms. The van der Waals surface area contributed by atoms with Gasteiger partial charge in [0.05, 0.1) is 0 Å². The Kier molecular flexibility index (Phi) is 5.43. The molecule has 1 fully saturated rings. The first-order chi connectivity index (χ1) is 9.58. The van der Waals surface area contributed by atoms with Gasteiger partial charge in [0.25, 0.3) is 0 Å². The Balaban J connectivity index is 1.69. The van der Waals surface area contributed by atoms with Gasteiger partial charge in [-0.25, -0.2) is 4.79 Å². The fourth-order valence-corrected chi connectivity index (χ4v) is 2.66. The summed E-state index contributed by atoms with van der Waals surface area (Å²) in [5.74, 6) is 0.641. The summed E-state index contributed by atoms with van der Waals surface area (Å²) in [4.78, 5) is 11.7. The average Bonchev–Trinajstić information content (AvgIpc) is 2.40. The van der Waals surface area contributed by atoms with E-state index in [2.05, 4.69) is 45.6 Å². The second kappa shape index (κ2) is 7.09. The summed E-state index contributed by atoms with van der Waals surface area (Å²) in [5, 5.41) is 14.8. The van der Waals surface area contributed by atoms with Gasteiger partial charge in [-0.2, -0.15) is 0 Å². The highest BCUT2D eigenvalue weighted by Gasteiger charge is 2.29. The van der Waals surface area contributed by atoms with Crippen LogP contribution in [0.3, 0.4) is 0 Å². The van der Waals surface area contributed by atoms with Gasteiger partial charge in [0, 0.05) is 23.7 Å². The molecule has 1 aliphatic rings. The molecule has 1 unspecified atom stereocenters. The van der Waals surface area contributed by atoms with E-state index in [1.807, 2.05) is 12.1 Å². The van der Waals surface area contributed by atoms with Crippen LogP contribution in [0.1, 0.15) is 31.2 Å². The second-order valence-corrected chi connectivity index (χ2v) is 6.44. The summed E-state index contributed by atoms with van der Waals surface area (Å²) in [6.07, 6.45) is 1.76. The van der Waals surface area contributed by atoms with Crippen molar-refractivity contribution in [3.63, 3.8) is 0 Å². The third-order valence-electron chi connectivity index (χ3n) is 3.84. The van der Waals surface area contributed by atoms with Crippen LogP contribution in [-0.4, -0.2) is 30.3 Å². The van der Waals surface area contributed by atoms with Gasteiger partial charge in [-0.3, -0.25) is 0 Å². The second-order valence-electron chi connectivity index (χ2n) is 5.52. The van der Waals surface area contributed by atoms with Crippen molar-refractivity contribution >= 4 is 22.0 Å². The molecule has 1 atom stereocenters. The zero-order chi connectivity index (χ0) is 14.5. The maximum absolute atomic E-state index is 11.7. The molecule has 0 saturated heterocycles. The van der Waals surface area contributed by atoms with Crippen LogP contribution in [0, 0.1) is 5.92 Å². The van der Waals surface area contributed by atoms with Crippen LogP contribution in [0.15, 0.2) is 28.7 Å².